The van der Waals surface area contributed by atoms with Crippen molar-refractivity contribution in [1.29, 1.82) is 0 Å². The third-order valence-electron chi connectivity index (χ3n) is 3.54. The SMILES string of the molecule is [V].[V].[V].[c-]1ccc2ncsc2c1.[c-]1ccc2scnc2c1.[c-]1nc2ccccc2s1. The van der Waals surface area contributed by atoms with Crippen LogP contribution in [0.5, 0.6) is 0 Å². The summed E-state index contributed by atoms with van der Waals surface area (Å²) < 4.78 is 3.64. The number of rotatable bonds is 0. The van der Waals surface area contributed by atoms with Gasteiger partial charge in [0, 0.05) is 55.7 Å². The molecular weight excluding hydrogens is 543 g/mol. The van der Waals surface area contributed by atoms with Gasteiger partial charge in [-0.2, -0.15) is 65.1 Å². The maximum atomic E-state index is 4.12. The Morgan fingerprint density at radius 2 is 1.33 bits per heavy atom. The Labute approximate surface area is 222 Å². The normalized spacial score (nSPS) is 9.20. The standard InChI is InChI=1S/3C7H4NS.3V/c3*1-2-4-7-6(3-1)8-5-9-7;;;/h2-5H;1,3-5H;1-4H;;;/q3*-1;;;. The summed E-state index contributed by atoms with van der Waals surface area (Å²) in [6, 6.07) is 25.6. The number of para-hydroxylation sites is 1. The monoisotopic (exact) mass is 555 g/mol. The van der Waals surface area contributed by atoms with Crippen molar-refractivity contribution in [3.05, 3.63) is 89.3 Å². The van der Waals surface area contributed by atoms with Crippen molar-refractivity contribution in [2.24, 2.45) is 0 Å². The van der Waals surface area contributed by atoms with E-state index in [1.165, 1.54) is 14.1 Å². The molecule has 0 N–H and O–H groups in total. The van der Waals surface area contributed by atoms with E-state index in [1.807, 2.05) is 71.7 Å². The molecule has 3 nitrogen and oxygen atoms in total. The van der Waals surface area contributed by atoms with Crippen molar-refractivity contribution >= 4 is 64.7 Å². The van der Waals surface area contributed by atoms with Crippen LogP contribution in [-0.2, 0) is 55.7 Å². The van der Waals surface area contributed by atoms with E-state index in [4.69, 9.17) is 0 Å². The molecule has 0 amide bonds. The van der Waals surface area contributed by atoms with E-state index in [-0.39, 0.29) is 55.7 Å². The van der Waals surface area contributed by atoms with E-state index >= 15 is 0 Å². The van der Waals surface area contributed by atoms with Crippen molar-refractivity contribution in [2.45, 2.75) is 0 Å². The molecule has 0 aliphatic heterocycles. The second-order valence-corrected chi connectivity index (χ2v) is 7.86. The van der Waals surface area contributed by atoms with Gasteiger partial charge in [0.25, 0.3) is 0 Å². The third kappa shape index (κ3) is 7.35. The van der Waals surface area contributed by atoms with Crippen LogP contribution in [0.3, 0.4) is 0 Å². The van der Waals surface area contributed by atoms with E-state index in [0.29, 0.717) is 0 Å². The number of nitrogens with zero attached hydrogens (tertiary/aromatic N) is 3. The third-order valence-corrected chi connectivity index (χ3v) is 5.89. The van der Waals surface area contributed by atoms with Gasteiger partial charge in [-0.1, -0.05) is 27.0 Å². The van der Waals surface area contributed by atoms with Crippen molar-refractivity contribution in [3.8, 4) is 0 Å². The first kappa shape index (κ1) is 27.1. The number of thiazole rings is 3. The van der Waals surface area contributed by atoms with Crippen LogP contribution in [0.2, 0.25) is 0 Å². The molecule has 0 saturated heterocycles. The Balaban J connectivity index is 0.000000214. The van der Waals surface area contributed by atoms with Crippen LogP contribution in [-0.4, -0.2) is 15.0 Å². The van der Waals surface area contributed by atoms with Gasteiger partial charge in [0.05, 0.1) is 11.0 Å². The average Bonchev–Trinajstić information content (AvgIpc) is 3.48. The summed E-state index contributed by atoms with van der Waals surface area (Å²) in [5.41, 5.74) is 9.68. The van der Waals surface area contributed by atoms with E-state index < -0.39 is 0 Å². The molecule has 3 radical (unpaired) electrons. The molecule has 147 valence electrons. The molecular formula is C21H12N3S3V3-3. The molecule has 0 unspecified atom stereocenters. The van der Waals surface area contributed by atoms with Crippen LogP contribution in [0.4, 0.5) is 0 Å². The van der Waals surface area contributed by atoms with Crippen LogP contribution < -0.4 is 0 Å². The second kappa shape index (κ2) is 14.2. The largest absolute Gasteiger partial charge is 0.386 e. The first-order valence-corrected chi connectivity index (χ1v) is 10.6. The molecule has 3 aromatic carbocycles. The summed E-state index contributed by atoms with van der Waals surface area (Å²) in [4.78, 5) is 12.2. The van der Waals surface area contributed by atoms with E-state index in [9.17, 15) is 0 Å². The van der Waals surface area contributed by atoms with Crippen LogP contribution in [0.25, 0.3) is 30.6 Å². The minimum atomic E-state index is 0. The average molecular weight is 555 g/mol. The molecule has 0 aliphatic rings. The van der Waals surface area contributed by atoms with Crippen LogP contribution in [0, 0.1) is 17.6 Å². The molecule has 0 bridgehead atoms. The number of fused-ring (bicyclic) bond motifs is 3. The number of hydrogen-bond acceptors (Lipinski definition) is 6. The zero-order chi connectivity index (χ0) is 18.3. The zero-order valence-electron chi connectivity index (χ0n) is 15.3. The van der Waals surface area contributed by atoms with Gasteiger partial charge in [-0.25, -0.2) is 0 Å². The molecule has 3 heterocycles. The van der Waals surface area contributed by atoms with E-state index in [2.05, 4.69) is 32.6 Å². The minimum absolute atomic E-state index is 0. The van der Waals surface area contributed by atoms with Crippen LogP contribution in [0.1, 0.15) is 0 Å². The van der Waals surface area contributed by atoms with Crippen LogP contribution >= 0.6 is 34.0 Å². The van der Waals surface area contributed by atoms with Gasteiger partial charge in [-0.05, 0) is 16.5 Å². The number of hydrogen-bond donors (Lipinski definition) is 0. The second-order valence-electron chi connectivity index (χ2n) is 5.27. The van der Waals surface area contributed by atoms with Gasteiger partial charge < -0.3 is 9.97 Å². The summed E-state index contributed by atoms with van der Waals surface area (Å²) in [5, 5.41) is 0. The quantitative estimate of drug-likeness (QED) is 0.207. The summed E-state index contributed by atoms with van der Waals surface area (Å²) in [6.07, 6.45) is 0. The molecule has 6 aromatic rings. The first-order valence-electron chi connectivity index (χ1n) is 8.00. The Morgan fingerprint density at radius 1 is 0.633 bits per heavy atom. The molecule has 0 spiro atoms. The van der Waals surface area contributed by atoms with Crippen LogP contribution in [0.15, 0.2) is 71.7 Å². The first-order chi connectivity index (χ1) is 13.4. The minimum Gasteiger partial charge on any atom is -0.386 e. The maximum absolute atomic E-state index is 4.12. The summed E-state index contributed by atoms with van der Waals surface area (Å²) in [5.74, 6) is 0. The Morgan fingerprint density at radius 3 is 2.10 bits per heavy atom. The number of aromatic nitrogens is 3. The van der Waals surface area contributed by atoms with Crippen molar-refractivity contribution in [2.75, 3.05) is 0 Å². The fraction of sp³-hybridized carbons (Fsp3) is 0. The summed E-state index contributed by atoms with van der Waals surface area (Å²) >= 11 is 4.85. The predicted molar refractivity (Wildman–Crippen MR) is 115 cm³/mol. The van der Waals surface area contributed by atoms with Gasteiger partial charge in [-0.15, -0.1) is 22.9 Å². The summed E-state index contributed by atoms with van der Waals surface area (Å²) in [6.45, 7) is 0. The summed E-state index contributed by atoms with van der Waals surface area (Å²) in [7, 11) is 0. The topological polar surface area (TPSA) is 38.7 Å². The molecule has 0 aliphatic carbocycles. The molecule has 0 atom stereocenters. The van der Waals surface area contributed by atoms with Gasteiger partial charge in [0.2, 0.25) is 0 Å². The van der Waals surface area contributed by atoms with Crippen molar-refractivity contribution in [3.63, 3.8) is 0 Å². The van der Waals surface area contributed by atoms with Crippen molar-refractivity contribution < 1.29 is 55.7 Å². The molecule has 0 fully saturated rings. The number of benzene rings is 3. The molecule has 30 heavy (non-hydrogen) atoms. The van der Waals surface area contributed by atoms with Crippen molar-refractivity contribution in [1.82, 2.24) is 15.0 Å². The van der Waals surface area contributed by atoms with E-state index in [0.717, 1.165) is 16.6 Å². The molecule has 3 aromatic heterocycles. The Kier molecular flexibility index (Phi) is 12.8. The maximum Gasteiger partial charge on any atom is 0.0657 e. The zero-order valence-corrected chi connectivity index (χ0v) is 22.0. The van der Waals surface area contributed by atoms with Gasteiger partial charge in [0.15, 0.2) is 0 Å². The molecule has 9 heteroatoms. The van der Waals surface area contributed by atoms with Gasteiger partial charge >= 0.3 is 0 Å². The van der Waals surface area contributed by atoms with Gasteiger partial charge in [-0.3, -0.25) is 16.3 Å². The molecule has 6 rings (SSSR count). The predicted octanol–water partition coefficient (Wildman–Crippen LogP) is 6.28. The Hall–Kier alpha value is -0.917. The fourth-order valence-corrected chi connectivity index (χ4v) is 4.18. The fourth-order valence-electron chi connectivity index (χ4n) is 2.25. The smallest absolute Gasteiger partial charge is 0.0657 e. The Bertz CT molecular complexity index is 1020. The molecule has 0 saturated carbocycles. The van der Waals surface area contributed by atoms with Gasteiger partial charge in [0.1, 0.15) is 0 Å². The van der Waals surface area contributed by atoms with E-state index in [1.54, 1.807) is 34.0 Å².